The lowest BCUT2D eigenvalue weighted by atomic mass is 9.97. The van der Waals surface area contributed by atoms with Gasteiger partial charge in [0.05, 0.1) is 12.0 Å². The number of methoxy groups -OCH3 is 1. The largest absolute Gasteiger partial charge is 0.494 e. The van der Waals surface area contributed by atoms with Crippen LogP contribution in [-0.4, -0.2) is 60.8 Å². The Morgan fingerprint density at radius 1 is 1.09 bits per heavy atom. The number of nitrogens with zero attached hydrogens (tertiary/aromatic N) is 4. The maximum absolute atomic E-state index is 12.8. The minimum absolute atomic E-state index is 0.0790. The Hall–Kier alpha value is -2.91. The van der Waals surface area contributed by atoms with Gasteiger partial charge in [0, 0.05) is 43.9 Å². The van der Waals surface area contributed by atoms with Gasteiger partial charge in [-0.25, -0.2) is 14.8 Å². The molecule has 1 aliphatic heterocycles. The van der Waals surface area contributed by atoms with E-state index in [2.05, 4.69) is 10.2 Å². The van der Waals surface area contributed by atoms with Crippen LogP contribution in [0.1, 0.15) is 36.0 Å². The van der Waals surface area contributed by atoms with Crippen molar-refractivity contribution in [3.8, 4) is 5.75 Å². The molecule has 34 heavy (non-hydrogen) atoms. The van der Waals surface area contributed by atoms with Crippen LogP contribution in [0.4, 0.5) is 16.3 Å². The van der Waals surface area contributed by atoms with Crippen molar-refractivity contribution in [2.24, 2.45) is 0 Å². The third kappa shape index (κ3) is 4.67. The van der Waals surface area contributed by atoms with Crippen LogP contribution in [0.2, 0.25) is 0 Å². The Balaban J connectivity index is 1.30. The molecule has 5 rings (SSSR count). The van der Waals surface area contributed by atoms with Crippen LogP contribution < -0.4 is 15.0 Å². The fraction of sp³-hybridized carbons (Fsp3) is 0.480. The van der Waals surface area contributed by atoms with Gasteiger partial charge < -0.3 is 24.6 Å². The summed E-state index contributed by atoms with van der Waals surface area (Å²) < 4.78 is 10.8. The van der Waals surface area contributed by atoms with Crippen molar-refractivity contribution in [2.45, 2.75) is 39.2 Å². The number of amides is 2. The molecule has 0 bridgehead atoms. The number of piperazine rings is 1. The highest BCUT2D eigenvalue weighted by Crippen LogP contribution is 2.40. The highest BCUT2D eigenvalue weighted by atomic mass is 32.1. The third-order valence-electron chi connectivity index (χ3n) is 6.40. The maximum atomic E-state index is 12.8. The van der Waals surface area contributed by atoms with Crippen LogP contribution in [-0.2, 0) is 24.2 Å². The first-order valence-corrected chi connectivity index (χ1v) is 12.8. The zero-order valence-corrected chi connectivity index (χ0v) is 20.6. The molecule has 0 spiro atoms. The predicted octanol–water partition coefficient (Wildman–Crippen LogP) is 4.47. The Morgan fingerprint density at radius 2 is 1.85 bits per heavy atom. The van der Waals surface area contributed by atoms with E-state index in [0.29, 0.717) is 26.3 Å². The number of nitrogens with one attached hydrogen (secondary N) is 1. The number of anilines is 2. The number of thiophene rings is 1. The minimum atomic E-state index is -0.0790. The number of rotatable bonds is 6. The van der Waals surface area contributed by atoms with Gasteiger partial charge in [-0.2, -0.15) is 0 Å². The molecule has 3 heterocycles. The van der Waals surface area contributed by atoms with Gasteiger partial charge in [-0.3, -0.25) is 0 Å². The molecule has 0 atom stereocenters. The summed E-state index contributed by atoms with van der Waals surface area (Å²) in [5.41, 5.74) is 2.20. The zero-order valence-electron chi connectivity index (χ0n) is 19.8. The van der Waals surface area contributed by atoms with Crippen molar-refractivity contribution in [2.75, 3.05) is 50.1 Å². The third-order valence-corrected chi connectivity index (χ3v) is 7.58. The van der Waals surface area contributed by atoms with E-state index in [1.54, 1.807) is 7.11 Å². The van der Waals surface area contributed by atoms with E-state index in [1.807, 2.05) is 47.4 Å². The number of aromatic nitrogens is 2. The average Bonchev–Trinajstić information content (AvgIpc) is 3.24. The first kappa shape index (κ1) is 22.9. The van der Waals surface area contributed by atoms with Crippen LogP contribution >= 0.6 is 11.3 Å². The number of fused-ring (bicyclic) bond motifs is 3. The van der Waals surface area contributed by atoms with Crippen molar-refractivity contribution in [1.29, 1.82) is 0 Å². The summed E-state index contributed by atoms with van der Waals surface area (Å²) in [5.74, 6) is 2.52. The van der Waals surface area contributed by atoms with Gasteiger partial charge in [-0.05, 0) is 62.4 Å². The molecule has 1 aromatic carbocycles. The van der Waals surface area contributed by atoms with Gasteiger partial charge in [0.25, 0.3) is 0 Å². The highest BCUT2D eigenvalue weighted by Gasteiger charge is 2.27. The van der Waals surface area contributed by atoms with E-state index >= 15 is 0 Å². The van der Waals surface area contributed by atoms with E-state index in [1.165, 1.54) is 28.7 Å². The number of ether oxygens (including phenoxy) is 2. The Kier molecular flexibility index (Phi) is 6.82. The molecule has 2 aliphatic rings. The Morgan fingerprint density at radius 3 is 2.59 bits per heavy atom. The fourth-order valence-electron chi connectivity index (χ4n) is 4.73. The number of hydrogen-bond acceptors (Lipinski definition) is 7. The first-order chi connectivity index (χ1) is 16.7. The lowest BCUT2D eigenvalue weighted by Gasteiger charge is -2.36. The zero-order chi connectivity index (χ0) is 23.5. The summed E-state index contributed by atoms with van der Waals surface area (Å²) in [5, 5.41) is 4.21. The highest BCUT2D eigenvalue weighted by molar-refractivity contribution is 7.19. The van der Waals surface area contributed by atoms with Crippen LogP contribution in [0.25, 0.3) is 10.2 Å². The molecule has 1 saturated heterocycles. The normalized spacial score (nSPS) is 15.9. The second kappa shape index (κ2) is 10.1. The molecule has 2 amide bonds. The standard InChI is InChI=1S/C25H31N5O3S/c1-3-33-18-10-8-17(9-11-18)26-25(31)30-14-12-29(13-15-30)23-22-19-6-4-5-7-20(19)34-24(22)28-21(27-23)16-32-2/h8-11H,3-7,12-16H2,1-2H3,(H,26,31). The van der Waals surface area contributed by atoms with Gasteiger partial charge in [0.2, 0.25) is 0 Å². The summed E-state index contributed by atoms with van der Waals surface area (Å²) in [7, 11) is 1.68. The Labute approximate surface area is 203 Å². The fourth-order valence-corrected chi connectivity index (χ4v) is 6.00. The van der Waals surface area contributed by atoms with E-state index in [0.717, 1.165) is 53.8 Å². The number of carbonyl (C=O) groups excluding carboxylic acids is 1. The van der Waals surface area contributed by atoms with Crippen LogP contribution in [0.5, 0.6) is 5.75 Å². The number of hydrogen-bond donors (Lipinski definition) is 1. The molecular formula is C25H31N5O3S. The van der Waals surface area contributed by atoms with Crippen LogP contribution in [0.15, 0.2) is 24.3 Å². The quantitative estimate of drug-likeness (QED) is 0.560. The smallest absolute Gasteiger partial charge is 0.321 e. The number of carbonyl (C=O) groups is 1. The van der Waals surface area contributed by atoms with Gasteiger partial charge in [0.15, 0.2) is 5.82 Å². The van der Waals surface area contributed by atoms with E-state index < -0.39 is 0 Å². The molecule has 3 aromatic rings. The monoisotopic (exact) mass is 481 g/mol. The average molecular weight is 482 g/mol. The summed E-state index contributed by atoms with van der Waals surface area (Å²) in [4.78, 5) is 29.3. The van der Waals surface area contributed by atoms with E-state index in [4.69, 9.17) is 19.4 Å². The van der Waals surface area contributed by atoms with Crippen LogP contribution in [0, 0.1) is 0 Å². The number of benzene rings is 1. The van der Waals surface area contributed by atoms with Gasteiger partial charge in [-0.1, -0.05) is 0 Å². The summed E-state index contributed by atoms with van der Waals surface area (Å²) in [6.45, 7) is 5.72. The Bertz CT molecular complexity index is 1160. The maximum Gasteiger partial charge on any atom is 0.321 e. The molecule has 0 saturated carbocycles. The predicted molar refractivity (Wildman–Crippen MR) is 135 cm³/mol. The van der Waals surface area contributed by atoms with E-state index in [-0.39, 0.29) is 6.03 Å². The molecule has 180 valence electrons. The van der Waals surface area contributed by atoms with Gasteiger partial charge in [-0.15, -0.1) is 11.3 Å². The molecule has 8 nitrogen and oxygen atoms in total. The molecule has 9 heteroatoms. The summed E-state index contributed by atoms with van der Waals surface area (Å²) in [6.07, 6.45) is 4.70. The molecule has 1 aliphatic carbocycles. The molecule has 1 fully saturated rings. The van der Waals surface area contributed by atoms with Crippen molar-refractivity contribution >= 4 is 39.1 Å². The van der Waals surface area contributed by atoms with E-state index in [9.17, 15) is 4.79 Å². The molecule has 1 N–H and O–H groups in total. The summed E-state index contributed by atoms with van der Waals surface area (Å²) >= 11 is 1.81. The van der Waals surface area contributed by atoms with Gasteiger partial charge in [0.1, 0.15) is 23.0 Å². The van der Waals surface area contributed by atoms with Crippen molar-refractivity contribution in [3.05, 3.63) is 40.5 Å². The molecule has 2 aromatic heterocycles. The van der Waals surface area contributed by atoms with Crippen LogP contribution in [0.3, 0.4) is 0 Å². The molecular weight excluding hydrogens is 450 g/mol. The lowest BCUT2D eigenvalue weighted by Crippen LogP contribution is -2.50. The molecule has 0 radical (unpaired) electrons. The number of aryl methyl sites for hydroxylation is 2. The lowest BCUT2D eigenvalue weighted by molar-refractivity contribution is 0.178. The number of urea groups is 1. The van der Waals surface area contributed by atoms with Crippen molar-refractivity contribution in [1.82, 2.24) is 14.9 Å². The SMILES string of the molecule is CCOc1ccc(NC(=O)N2CCN(c3nc(COC)nc4sc5c(c34)CCCC5)CC2)cc1. The second-order valence-corrected chi connectivity index (χ2v) is 9.73. The van der Waals surface area contributed by atoms with Gasteiger partial charge >= 0.3 is 6.03 Å². The van der Waals surface area contributed by atoms with Crippen molar-refractivity contribution in [3.63, 3.8) is 0 Å². The topological polar surface area (TPSA) is 79.8 Å². The minimum Gasteiger partial charge on any atom is -0.494 e. The summed E-state index contributed by atoms with van der Waals surface area (Å²) in [6, 6.07) is 7.40. The molecule has 0 unspecified atom stereocenters. The first-order valence-electron chi connectivity index (χ1n) is 12.0. The van der Waals surface area contributed by atoms with Crippen molar-refractivity contribution < 1.29 is 14.3 Å². The second-order valence-electron chi connectivity index (χ2n) is 8.65.